The van der Waals surface area contributed by atoms with E-state index in [1.54, 1.807) is 0 Å². The summed E-state index contributed by atoms with van der Waals surface area (Å²) >= 11 is 0. The van der Waals surface area contributed by atoms with Gasteiger partial charge in [-0.1, -0.05) is 38.5 Å². The molecule has 106 valence electrons. The first-order valence-electron chi connectivity index (χ1n) is 7.92. The standard InChI is InChI=1S/C15H30N2O/c1-2-18-15(11-7-8-12-15)14(17-16)13-9-5-3-4-6-10-13/h13-14,17H,2-12,16H2,1H3. The van der Waals surface area contributed by atoms with Crippen LogP contribution in [0.2, 0.25) is 0 Å². The van der Waals surface area contributed by atoms with Gasteiger partial charge < -0.3 is 4.74 Å². The van der Waals surface area contributed by atoms with Crippen molar-refractivity contribution in [1.29, 1.82) is 0 Å². The minimum absolute atomic E-state index is 0.0263. The van der Waals surface area contributed by atoms with E-state index in [9.17, 15) is 0 Å². The lowest BCUT2D eigenvalue weighted by Gasteiger charge is -2.41. The summed E-state index contributed by atoms with van der Waals surface area (Å²) in [7, 11) is 0. The molecular formula is C15H30N2O. The minimum Gasteiger partial charge on any atom is -0.374 e. The first-order valence-corrected chi connectivity index (χ1v) is 7.92. The van der Waals surface area contributed by atoms with Crippen molar-refractivity contribution in [3.05, 3.63) is 0 Å². The highest BCUT2D eigenvalue weighted by atomic mass is 16.5. The molecule has 0 aromatic rings. The summed E-state index contributed by atoms with van der Waals surface area (Å²) in [6.07, 6.45) is 13.1. The summed E-state index contributed by atoms with van der Waals surface area (Å²) in [4.78, 5) is 0. The van der Waals surface area contributed by atoms with Gasteiger partial charge in [-0.25, -0.2) is 0 Å². The summed E-state index contributed by atoms with van der Waals surface area (Å²) in [6.45, 7) is 2.92. The van der Waals surface area contributed by atoms with Crippen molar-refractivity contribution in [3.8, 4) is 0 Å². The van der Waals surface area contributed by atoms with E-state index in [4.69, 9.17) is 10.6 Å². The molecule has 0 saturated heterocycles. The Labute approximate surface area is 112 Å². The van der Waals surface area contributed by atoms with Crippen molar-refractivity contribution in [1.82, 2.24) is 5.43 Å². The number of hydrogen-bond donors (Lipinski definition) is 2. The molecule has 2 aliphatic carbocycles. The third-order valence-corrected chi connectivity index (χ3v) is 5.00. The quantitative estimate of drug-likeness (QED) is 0.450. The van der Waals surface area contributed by atoms with E-state index in [1.807, 2.05) is 0 Å². The minimum atomic E-state index is 0.0263. The molecule has 0 bridgehead atoms. The maximum absolute atomic E-state index is 6.20. The molecular weight excluding hydrogens is 224 g/mol. The van der Waals surface area contributed by atoms with E-state index in [0.717, 1.165) is 6.61 Å². The van der Waals surface area contributed by atoms with E-state index in [2.05, 4.69) is 12.3 Å². The van der Waals surface area contributed by atoms with Crippen molar-refractivity contribution in [2.24, 2.45) is 11.8 Å². The van der Waals surface area contributed by atoms with Crippen molar-refractivity contribution >= 4 is 0 Å². The van der Waals surface area contributed by atoms with Crippen molar-refractivity contribution in [3.63, 3.8) is 0 Å². The molecule has 0 aromatic heterocycles. The van der Waals surface area contributed by atoms with Crippen molar-refractivity contribution in [2.75, 3.05) is 6.61 Å². The molecule has 0 amide bonds. The Kier molecular flexibility index (Phi) is 5.46. The fourth-order valence-electron chi connectivity index (χ4n) is 4.17. The van der Waals surface area contributed by atoms with Crippen LogP contribution in [-0.2, 0) is 4.74 Å². The average molecular weight is 254 g/mol. The molecule has 2 saturated carbocycles. The topological polar surface area (TPSA) is 47.3 Å². The van der Waals surface area contributed by atoms with Crippen LogP contribution in [0.25, 0.3) is 0 Å². The first kappa shape index (κ1) is 14.3. The van der Waals surface area contributed by atoms with Crippen molar-refractivity contribution < 1.29 is 4.74 Å². The molecule has 0 aliphatic heterocycles. The summed E-state index contributed by atoms with van der Waals surface area (Å²) in [6, 6.07) is 0.359. The lowest BCUT2D eigenvalue weighted by Crippen LogP contribution is -2.57. The monoisotopic (exact) mass is 254 g/mol. The van der Waals surface area contributed by atoms with Crippen LogP contribution < -0.4 is 11.3 Å². The number of ether oxygens (including phenoxy) is 1. The molecule has 2 aliphatic rings. The van der Waals surface area contributed by atoms with Gasteiger partial charge in [-0.3, -0.25) is 11.3 Å². The highest BCUT2D eigenvalue weighted by Crippen LogP contribution is 2.41. The number of hydrazine groups is 1. The Morgan fingerprint density at radius 3 is 2.22 bits per heavy atom. The van der Waals surface area contributed by atoms with Gasteiger partial charge in [-0.2, -0.15) is 0 Å². The molecule has 3 N–H and O–H groups in total. The van der Waals surface area contributed by atoms with E-state index >= 15 is 0 Å². The van der Waals surface area contributed by atoms with Crippen LogP contribution in [0, 0.1) is 5.92 Å². The molecule has 18 heavy (non-hydrogen) atoms. The summed E-state index contributed by atoms with van der Waals surface area (Å²) < 4.78 is 6.20. The Hall–Kier alpha value is -0.120. The largest absolute Gasteiger partial charge is 0.374 e. The Balaban J connectivity index is 2.08. The predicted octanol–water partition coefficient (Wildman–Crippen LogP) is 3.14. The normalized spacial score (nSPS) is 27.0. The van der Waals surface area contributed by atoms with Gasteiger partial charge in [0.25, 0.3) is 0 Å². The molecule has 1 atom stereocenters. The highest BCUT2D eigenvalue weighted by molar-refractivity contribution is 4.99. The van der Waals surface area contributed by atoms with E-state index in [0.29, 0.717) is 12.0 Å². The van der Waals surface area contributed by atoms with Crippen LogP contribution >= 0.6 is 0 Å². The maximum atomic E-state index is 6.20. The van der Waals surface area contributed by atoms with Gasteiger partial charge in [-0.15, -0.1) is 0 Å². The third kappa shape index (κ3) is 3.06. The zero-order valence-electron chi connectivity index (χ0n) is 11.9. The summed E-state index contributed by atoms with van der Waals surface area (Å²) in [5.41, 5.74) is 3.17. The molecule has 0 spiro atoms. The number of hydrogen-bond acceptors (Lipinski definition) is 3. The zero-order chi connectivity index (χ0) is 12.8. The fourth-order valence-corrected chi connectivity index (χ4v) is 4.17. The van der Waals surface area contributed by atoms with Gasteiger partial charge in [0.1, 0.15) is 0 Å². The predicted molar refractivity (Wildman–Crippen MR) is 75.1 cm³/mol. The lowest BCUT2D eigenvalue weighted by molar-refractivity contribution is -0.0770. The van der Waals surface area contributed by atoms with Crippen LogP contribution in [0.5, 0.6) is 0 Å². The maximum Gasteiger partial charge on any atom is 0.0850 e. The van der Waals surface area contributed by atoms with Crippen LogP contribution in [0.1, 0.15) is 71.1 Å². The van der Waals surface area contributed by atoms with Gasteiger partial charge in [0, 0.05) is 6.61 Å². The van der Waals surface area contributed by atoms with Gasteiger partial charge in [0.05, 0.1) is 11.6 Å². The van der Waals surface area contributed by atoms with E-state index < -0.39 is 0 Å². The van der Waals surface area contributed by atoms with E-state index in [-0.39, 0.29) is 5.60 Å². The third-order valence-electron chi connectivity index (χ3n) is 5.00. The smallest absolute Gasteiger partial charge is 0.0850 e. The lowest BCUT2D eigenvalue weighted by atomic mass is 9.79. The van der Waals surface area contributed by atoms with Crippen LogP contribution in [0.4, 0.5) is 0 Å². The molecule has 0 heterocycles. The molecule has 0 radical (unpaired) electrons. The molecule has 3 nitrogen and oxygen atoms in total. The Bertz CT molecular complexity index is 231. The zero-order valence-corrected chi connectivity index (χ0v) is 11.9. The molecule has 2 rings (SSSR count). The molecule has 3 heteroatoms. The molecule has 2 fully saturated rings. The second kappa shape index (κ2) is 6.88. The summed E-state index contributed by atoms with van der Waals surface area (Å²) in [5, 5.41) is 0. The van der Waals surface area contributed by atoms with Crippen LogP contribution in [0.15, 0.2) is 0 Å². The Morgan fingerprint density at radius 1 is 1.11 bits per heavy atom. The van der Waals surface area contributed by atoms with Crippen LogP contribution in [0.3, 0.4) is 0 Å². The average Bonchev–Trinajstić information content (AvgIpc) is 2.68. The highest BCUT2D eigenvalue weighted by Gasteiger charge is 2.45. The van der Waals surface area contributed by atoms with Gasteiger partial charge in [0.2, 0.25) is 0 Å². The summed E-state index contributed by atoms with van der Waals surface area (Å²) in [5.74, 6) is 6.63. The molecule has 1 unspecified atom stereocenters. The van der Waals surface area contributed by atoms with Crippen LogP contribution in [-0.4, -0.2) is 18.2 Å². The van der Waals surface area contributed by atoms with Gasteiger partial charge >= 0.3 is 0 Å². The number of rotatable bonds is 5. The Morgan fingerprint density at radius 2 is 1.72 bits per heavy atom. The first-order chi connectivity index (χ1) is 8.82. The second-order valence-electron chi connectivity index (χ2n) is 6.10. The fraction of sp³-hybridized carbons (Fsp3) is 1.00. The van der Waals surface area contributed by atoms with Gasteiger partial charge in [-0.05, 0) is 38.5 Å². The molecule has 0 aromatic carbocycles. The second-order valence-corrected chi connectivity index (χ2v) is 6.10. The van der Waals surface area contributed by atoms with Gasteiger partial charge in [0.15, 0.2) is 0 Å². The van der Waals surface area contributed by atoms with Crippen molar-refractivity contribution in [2.45, 2.75) is 82.8 Å². The number of nitrogens with one attached hydrogen (secondary N) is 1. The number of nitrogens with two attached hydrogens (primary N) is 1. The SMILES string of the molecule is CCOC1(C(NN)C2CCCCCC2)CCCC1. The van der Waals surface area contributed by atoms with E-state index in [1.165, 1.54) is 64.2 Å².